The molecular formula is C15H10O5. The van der Waals surface area contributed by atoms with Crippen LogP contribution in [-0.4, -0.2) is 21.3 Å². The molecule has 1 heterocycles. The summed E-state index contributed by atoms with van der Waals surface area (Å²) in [6.07, 6.45) is 1.48. The summed E-state index contributed by atoms with van der Waals surface area (Å²) in [7, 11) is 0. The van der Waals surface area contributed by atoms with Crippen LogP contribution in [0, 0.1) is 0 Å². The molecule has 0 spiro atoms. The van der Waals surface area contributed by atoms with Crippen LogP contribution in [0.25, 0.3) is 11.6 Å². The van der Waals surface area contributed by atoms with E-state index in [1.54, 1.807) is 24.3 Å². The Morgan fingerprint density at radius 1 is 1.00 bits per heavy atom. The summed E-state index contributed by atoms with van der Waals surface area (Å²) in [5, 5.41) is 28.2. The molecular weight excluding hydrogens is 260 g/mol. The minimum Gasteiger partial charge on any atom is -0.504 e. The highest BCUT2D eigenvalue weighted by atomic mass is 16.5. The minimum absolute atomic E-state index is 0.324. The van der Waals surface area contributed by atoms with Gasteiger partial charge in [-0.2, -0.15) is 0 Å². The zero-order valence-corrected chi connectivity index (χ0v) is 10.2. The average molecular weight is 270 g/mol. The lowest BCUT2D eigenvalue weighted by atomic mass is 10.0. The maximum Gasteiger partial charge on any atom is 0.344 e. The van der Waals surface area contributed by atoms with E-state index in [4.69, 9.17) is 4.74 Å². The number of phenolic OH excluding ortho intramolecular Hbond substituents is 3. The van der Waals surface area contributed by atoms with Crippen molar-refractivity contribution in [2.75, 3.05) is 0 Å². The Balaban J connectivity index is 2.11. The summed E-state index contributed by atoms with van der Waals surface area (Å²) < 4.78 is 5.09. The van der Waals surface area contributed by atoms with Crippen LogP contribution in [0.2, 0.25) is 0 Å². The van der Waals surface area contributed by atoms with E-state index in [0.717, 1.165) is 0 Å². The Morgan fingerprint density at radius 2 is 1.65 bits per heavy atom. The summed E-state index contributed by atoms with van der Waals surface area (Å²) in [6.45, 7) is 0. The minimum atomic E-state index is -0.596. The fourth-order valence-corrected chi connectivity index (χ4v) is 2.05. The van der Waals surface area contributed by atoms with E-state index in [-0.39, 0.29) is 0 Å². The molecule has 0 aromatic heterocycles. The Labute approximate surface area is 114 Å². The van der Waals surface area contributed by atoms with E-state index in [0.29, 0.717) is 22.4 Å². The molecule has 0 saturated heterocycles. The third-order valence-corrected chi connectivity index (χ3v) is 3.00. The molecule has 3 N–H and O–H groups in total. The summed E-state index contributed by atoms with van der Waals surface area (Å²) in [5.74, 6) is -1.55. The van der Waals surface area contributed by atoms with Gasteiger partial charge in [-0.3, -0.25) is 0 Å². The molecule has 1 aliphatic rings. The summed E-state index contributed by atoms with van der Waals surface area (Å²) >= 11 is 0. The molecule has 0 amide bonds. The van der Waals surface area contributed by atoms with Crippen LogP contribution >= 0.6 is 0 Å². The predicted octanol–water partition coefficient (Wildman–Crippen LogP) is 2.26. The van der Waals surface area contributed by atoms with Gasteiger partial charge in [-0.1, -0.05) is 18.2 Å². The number of ether oxygens (including phenoxy) is 1. The lowest BCUT2D eigenvalue weighted by Gasteiger charge is -2.03. The summed E-state index contributed by atoms with van der Waals surface area (Å²) in [6, 6.07) is 9.45. The maximum atomic E-state index is 11.8. The molecule has 5 nitrogen and oxygen atoms in total. The zero-order valence-electron chi connectivity index (χ0n) is 10.2. The summed E-state index contributed by atoms with van der Waals surface area (Å²) in [4.78, 5) is 11.8. The zero-order chi connectivity index (χ0) is 14.3. The first-order chi connectivity index (χ1) is 9.56. The van der Waals surface area contributed by atoms with E-state index >= 15 is 0 Å². The van der Waals surface area contributed by atoms with Crippen molar-refractivity contribution in [1.82, 2.24) is 0 Å². The van der Waals surface area contributed by atoms with Gasteiger partial charge in [0.1, 0.15) is 5.75 Å². The molecule has 0 radical (unpaired) electrons. The van der Waals surface area contributed by atoms with Gasteiger partial charge >= 0.3 is 5.97 Å². The monoisotopic (exact) mass is 270 g/mol. The molecule has 0 unspecified atom stereocenters. The number of aromatic hydroxyl groups is 3. The molecule has 5 heteroatoms. The molecule has 1 aliphatic heterocycles. The van der Waals surface area contributed by atoms with Crippen LogP contribution in [0.4, 0.5) is 0 Å². The van der Waals surface area contributed by atoms with E-state index in [9.17, 15) is 20.1 Å². The number of esters is 1. The fraction of sp³-hybridized carbons (Fsp3) is 0. The van der Waals surface area contributed by atoms with Crippen molar-refractivity contribution in [3.8, 4) is 23.0 Å². The topological polar surface area (TPSA) is 87.0 Å². The van der Waals surface area contributed by atoms with E-state index < -0.39 is 23.2 Å². The van der Waals surface area contributed by atoms with Crippen LogP contribution in [0.15, 0.2) is 36.4 Å². The van der Waals surface area contributed by atoms with E-state index in [1.165, 1.54) is 18.2 Å². The molecule has 0 fully saturated rings. The van der Waals surface area contributed by atoms with Crippen molar-refractivity contribution in [2.24, 2.45) is 0 Å². The Bertz CT molecular complexity index is 723. The second kappa shape index (κ2) is 4.31. The number of carbonyl (C=O) groups excluding carboxylic acids is 1. The van der Waals surface area contributed by atoms with Gasteiger partial charge in [-0.05, 0) is 29.8 Å². The number of hydrogen-bond donors (Lipinski definition) is 3. The van der Waals surface area contributed by atoms with Crippen molar-refractivity contribution in [3.63, 3.8) is 0 Å². The van der Waals surface area contributed by atoms with Crippen molar-refractivity contribution >= 4 is 17.6 Å². The number of benzene rings is 2. The van der Waals surface area contributed by atoms with Gasteiger partial charge in [0.05, 0.1) is 5.57 Å². The maximum absolute atomic E-state index is 11.8. The van der Waals surface area contributed by atoms with Crippen molar-refractivity contribution in [3.05, 3.63) is 47.5 Å². The number of rotatable bonds is 1. The summed E-state index contributed by atoms with van der Waals surface area (Å²) in [5.41, 5.74) is 1.34. The quantitative estimate of drug-likeness (QED) is 0.320. The third kappa shape index (κ3) is 1.85. The highest BCUT2D eigenvalue weighted by molar-refractivity contribution is 6.26. The normalized spacial score (nSPS) is 15.2. The average Bonchev–Trinajstić information content (AvgIpc) is 2.73. The van der Waals surface area contributed by atoms with Crippen LogP contribution in [0.5, 0.6) is 23.0 Å². The van der Waals surface area contributed by atoms with Gasteiger partial charge in [0, 0.05) is 5.56 Å². The lowest BCUT2D eigenvalue weighted by Crippen LogP contribution is -2.00. The number of hydrogen-bond acceptors (Lipinski definition) is 5. The van der Waals surface area contributed by atoms with Crippen molar-refractivity contribution in [1.29, 1.82) is 0 Å². The van der Waals surface area contributed by atoms with E-state index in [1.807, 2.05) is 0 Å². The van der Waals surface area contributed by atoms with Crippen LogP contribution in [0.3, 0.4) is 0 Å². The van der Waals surface area contributed by atoms with Crippen molar-refractivity contribution in [2.45, 2.75) is 0 Å². The van der Waals surface area contributed by atoms with Gasteiger partial charge in [-0.25, -0.2) is 4.79 Å². The van der Waals surface area contributed by atoms with Crippen LogP contribution < -0.4 is 4.74 Å². The van der Waals surface area contributed by atoms with E-state index in [2.05, 4.69) is 0 Å². The standard InChI is InChI=1S/C15H10O5/c16-11-6-8(7-12(17)14(11)18)5-10-9-3-1-2-4-13(9)20-15(10)19/h1-7,16-18H/b10-5+. The van der Waals surface area contributed by atoms with Crippen LogP contribution in [0.1, 0.15) is 11.1 Å². The number of carbonyl (C=O) groups is 1. The molecule has 2 aromatic carbocycles. The number of para-hydroxylation sites is 1. The largest absolute Gasteiger partial charge is 0.504 e. The third-order valence-electron chi connectivity index (χ3n) is 3.00. The molecule has 3 rings (SSSR count). The SMILES string of the molecule is O=C1Oc2ccccc2/C1=C\c1cc(O)c(O)c(O)c1. The number of phenols is 3. The van der Waals surface area contributed by atoms with Gasteiger partial charge < -0.3 is 20.1 Å². The molecule has 20 heavy (non-hydrogen) atoms. The second-order valence-electron chi connectivity index (χ2n) is 4.35. The molecule has 0 bridgehead atoms. The smallest absolute Gasteiger partial charge is 0.344 e. The Kier molecular flexibility index (Phi) is 2.61. The molecule has 2 aromatic rings. The van der Waals surface area contributed by atoms with Crippen molar-refractivity contribution < 1.29 is 24.9 Å². The first-order valence-corrected chi connectivity index (χ1v) is 5.84. The van der Waals surface area contributed by atoms with Crippen LogP contribution in [-0.2, 0) is 4.79 Å². The fourth-order valence-electron chi connectivity index (χ4n) is 2.05. The molecule has 0 saturated carbocycles. The molecule has 0 aliphatic carbocycles. The Hall–Kier alpha value is -2.95. The highest BCUT2D eigenvalue weighted by Gasteiger charge is 2.26. The van der Waals surface area contributed by atoms with Gasteiger partial charge in [0.2, 0.25) is 0 Å². The van der Waals surface area contributed by atoms with Gasteiger partial charge in [0.25, 0.3) is 0 Å². The molecule has 100 valence electrons. The number of fused-ring (bicyclic) bond motifs is 1. The Morgan fingerprint density at radius 3 is 2.35 bits per heavy atom. The first kappa shape index (κ1) is 12.1. The van der Waals surface area contributed by atoms with Gasteiger partial charge in [0.15, 0.2) is 17.2 Å². The lowest BCUT2D eigenvalue weighted by molar-refractivity contribution is -0.126. The second-order valence-corrected chi connectivity index (χ2v) is 4.35. The highest BCUT2D eigenvalue weighted by Crippen LogP contribution is 2.39. The predicted molar refractivity (Wildman–Crippen MR) is 71.4 cm³/mol. The van der Waals surface area contributed by atoms with Gasteiger partial charge in [-0.15, -0.1) is 0 Å². The first-order valence-electron chi connectivity index (χ1n) is 5.84. The molecule has 0 atom stereocenters.